The molecule has 2 heterocycles. The van der Waals surface area contributed by atoms with Crippen LogP contribution in [-0.4, -0.2) is 54.6 Å². The van der Waals surface area contributed by atoms with Gasteiger partial charge in [0.1, 0.15) is 17.2 Å². The average molecular weight is 323 g/mol. The van der Waals surface area contributed by atoms with Gasteiger partial charge in [-0.3, -0.25) is 14.4 Å². The molecule has 2 saturated heterocycles. The van der Waals surface area contributed by atoms with Crippen molar-refractivity contribution in [3.05, 3.63) is 0 Å². The molecule has 23 heavy (non-hydrogen) atoms. The second kappa shape index (κ2) is 5.78. The number of hydrogen-bond donors (Lipinski definition) is 2. The monoisotopic (exact) mass is 323 g/mol. The predicted molar refractivity (Wildman–Crippen MR) is 82.2 cm³/mol. The maximum absolute atomic E-state index is 12.8. The predicted octanol–water partition coefficient (Wildman–Crippen LogP) is 0.146. The Morgan fingerprint density at radius 1 is 1.30 bits per heavy atom. The Balaban J connectivity index is 1.64. The molecule has 3 amide bonds. The van der Waals surface area contributed by atoms with E-state index in [9.17, 15) is 14.4 Å². The highest BCUT2D eigenvalue weighted by atomic mass is 16.5. The van der Waals surface area contributed by atoms with Crippen molar-refractivity contribution >= 4 is 17.7 Å². The first-order chi connectivity index (χ1) is 11.0. The van der Waals surface area contributed by atoms with Crippen molar-refractivity contribution < 1.29 is 19.1 Å². The van der Waals surface area contributed by atoms with Gasteiger partial charge in [0.2, 0.25) is 11.8 Å². The van der Waals surface area contributed by atoms with E-state index in [1.165, 1.54) is 0 Å². The van der Waals surface area contributed by atoms with Gasteiger partial charge >= 0.3 is 0 Å². The molecule has 2 N–H and O–H groups in total. The quantitative estimate of drug-likeness (QED) is 0.724. The normalized spacial score (nSPS) is 28.2. The molecule has 1 saturated carbocycles. The van der Waals surface area contributed by atoms with E-state index in [2.05, 4.69) is 10.6 Å². The van der Waals surface area contributed by atoms with E-state index in [4.69, 9.17) is 4.74 Å². The number of nitrogens with one attached hydrogen (secondary N) is 2. The molecule has 0 aromatic rings. The highest BCUT2D eigenvalue weighted by Crippen LogP contribution is 2.44. The van der Waals surface area contributed by atoms with Crippen molar-refractivity contribution in [2.75, 3.05) is 20.1 Å². The molecule has 7 nitrogen and oxygen atoms in total. The highest BCUT2D eigenvalue weighted by Gasteiger charge is 2.54. The molecular weight excluding hydrogens is 298 g/mol. The Labute approximate surface area is 136 Å². The molecule has 0 aromatic carbocycles. The number of likely N-dealkylation sites (tertiary alicyclic amines) is 1. The zero-order chi connectivity index (χ0) is 16.7. The van der Waals surface area contributed by atoms with E-state index in [1.807, 2.05) is 6.92 Å². The third-order valence-corrected chi connectivity index (χ3v) is 5.52. The van der Waals surface area contributed by atoms with Gasteiger partial charge in [-0.25, -0.2) is 0 Å². The number of rotatable bonds is 3. The smallest absolute Gasteiger partial charge is 0.251 e. The molecule has 3 aliphatic rings. The first-order valence-corrected chi connectivity index (χ1v) is 8.48. The van der Waals surface area contributed by atoms with E-state index in [0.29, 0.717) is 45.2 Å². The first-order valence-electron chi connectivity index (χ1n) is 8.48. The van der Waals surface area contributed by atoms with Crippen LogP contribution in [0.5, 0.6) is 0 Å². The Kier molecular flexibility index (Phi) is 4.08. The number of carbonyl (C=O) groups excluding carboxylic acids is 3. The van der Waals surface area contributed by atoms with E-state index in [1.54, 1.807) is 11.9 Å². The van der Waals surface area contributed by atoms with Gasteiger partial charge in [-0.05, 0) is 19.3 Å². The topological polar surface area (TPSA) is 87.7 Å². The molecule has 1 atom stereocenters. The number of hydrogen-bond acceptors (Lipinski definition) is 4. The largest absolute Gasteiger partial charge is 0.358 e. The van der Waals surface area contributed by atoms with Crippen molar-refractivity contribution in [3.63, 3.8) is 0 Å². The minimum absolute atomic E-state index is 0.0619. The van der Waals surface area contributed by atoms with Crippen LogP contribution in [0.3, 0.4) is 0 Å². The van der Waals surface area contributed by atoms with Gasteiger partial charge in [-0.15, -0.1) is 0 Å². The molecule has 3 rings (SSSR count). The van der Waals surface area contributed by atoms with Crippen molar-refractivity contribution in [2.24, 2.45) is 5.41 Å². The molecule has 1 spiro atoms. The standard InChI is InChI=1S/C16H25N3O4/c1-3-11-12(20)18-16(23-11)7-9-19(10-8-16)14(22)15(5-4-6-15)13(21)17-2/h11H,3-10H2,1-2H3,(H,17,21)(H,18,20). The lowest BCUT2D eigenvalue weighted by atomic mass is 9.66. The number of nitrogens with zero attached hydrogens (tertiary/aromatic N) is 1. The molecule has 1 unspecified atom stereocenters. The maximum Gasteiger partial charge on any atom is 0.251 e. The lowest BCUT2D eigenvalue weighted by molar-refractivity contribution is -0.161. The van der Waals surface area contributed by atoms with Crippen LogP contribution in [0.25, 0.3) is 0 Å². The van der Waals surface area contributed by atoms with Gasteiger partial charge in [0.25, 0.3) is 5.91 Å². The van der Waals surface area contributed by atoms with Crippen LogP contribution in [0.4, 0.5) is 0 Å². The molecule has 0 aromatic heterocycles. The fraction of sp³-hybridized carbons (Fsp3) is 0.812. The minimum Gasteiger partial charge on any atom is -0.358 e. The number of amides is 3. The van der Waals surface area contributed by atoms with Crippen LogP contribution in [0.15, 0.2) is 0 Å². The molecular formula is C16H25N3O4. The van der Waals surface area contributed by atoms with Gasteiger partial charge in [0.15, 0.2) is 0 Å². The SMILES string of the molecule is CCC1OC2(CCN(C(=O)C3(C(=O)NC)CCC3)CC2)NC1=O. The van der Waals surface area contributed by atoms with Crippen molar-refractivity contribution in [3.8, 4) is 0 Å². The lowest BCUT2D eigenvalue weighted by Gasteiger charge is -2.45. The van der Waals surface area contributed by atoms with Gasteiger partial charge in [-0.1, -0.05) is 13.3 Å². The van der Waals surface area contributed by atoms with Crippen molar-refractivity contribution in [2.45, 2.75) is 57.3 Å². The Hall–Kier alpha value is -1.63. The summed E-state index contributed by atoms with van der Waals surface area (Å²) in [7, 11) is 1.58. The lowest BCUT2D eigenvalue weighted by Crippen LogP contribution is -2.60. The number of carbonyl (C=O) groups is 3. The Bertz CT molecular complexity index is 521. The Morgan fingerprint density at radius 3 is 2.39 bits per heavy atom. The highest BCUT2D eigenvalue weighted by molar-refractivity contribution is 6.05. The summed E-state index contributed by atoms with van der Waals surface area (Å²) < 4.78 is 5.90. The van der Waals surface area contributed by atoms with Gasteiger partial charge < -0.3 is 20.3 Å². The van der Waals surface area contributed by atoms with Gasteiger partial charge in [-0.2, -0.15) is 0 Å². The molecule has 7 heteroatoms. The van der Waals surface area contributed by atoms with E-state index in [-0.39, 0.29) is 23.8 Å². The third-order valence-electron chi connectivity index (χ3n) is 5.52. The molecule has 128 valence electrons. The summed E-state index contributed by atoms with van der Waals surface area (Å²) in [5.74, 6) is -0.312. The molecule has 3 fully saturated rings. The van der Waals surface area contributed by atoms with Crippen molar-refractivity contribution in [1.29, 1.82) is 0 Å². The second-order valence-corrected chi connectivity index (χ2v) is 6.81. The summed E-state index contributed by atoms with van der Waals surface area (Å²) in [6.07, 6.45) is 3.57. The van der Waals surface area contributed by atoms with Crippen LogP contribution in [0.2, 0.25) is 0 Å². The zero-order valence-electron chi connectivity index (χ0n) is 13.8. The molecule has 2 aliphatic heterocycles. The summed E-state index contributed by atoms with van der Waals surface area (Å²) in [4.78, 5) is 38.6. The average Bonchev–Trinajstić information content (AvgIpc) is 2.82. The summed E-state index contributed by atoms with van der Waals surface area (Å²) >= 11 is 0. The third kappa shape index (κ3) is 2.51. The van der Waals surface area contributed by atoms with Crippen molar-refractivity contribution in [1.82, 2.24) is 15.5 Å². The summed E-state index contributed by atoms with van der Waals surface area (Å²) in [5.41, 5.74) is -1.50. The fourth-order valence-electron chi connectivity index (χ4n) is 3.85. The minimum atomic E-state index is -0.870. The first kappa shape index (κ1) is 16.2. The molecule has 0 radical (unpaired) electrons. The van der Waals surface area contributed by atoms with E-state index in [0.717, 1.165) is 6.42 Å². The van der Waals surface area contributed by atoms with Crippen LogP contribution >= 0.6 is 0 Å². The van der Waals surface area contributed by atoms with Crippen LogP contribution in [-0.2, 0) is 19.1 Å². The summed E-state index contributed by atoms with van der Waals surface area (Å²) in [6, 6.07) is 0. The Morgan fingerprint density at radius 2 is 1.96 bits per heavy atom. The van der Waals surface area contributed by atoms with Crippen LogP contribution in [0, 0.1) is 5.41 Å². The van der Waals surface area contributed by atoms with Crippen LogP contribution in [0.1, 0.15) is 45.4 Å². The second-order valence-electron chi connectivity index (χ2n) is 6.81. The maximum atomic E-state index is 12.8. The number of ether oxygens (including phenoxy) is 1. The summed E-state index contributed by atoms with van der Waals surface area (Å²) in [6.45, 7) is 2.94. The zero-order valence-corrected chi connectivity index (χ0v) is 13.8. The summed E-state index contributed by atoms with van der Waals surface area (Å²) in [5, 5.41) is 5.58. The van der Waals surface area contributed by atoms with Gasteiger partial charge in [0, 0.05) is 33.0 Å². The van der Waals surface area contributed by atoms with E-state index >= 15 is 0 Å². The van der Waals surface area contributed by atoms with E-state index < -0.39 is 11.1 Å². The molecule has 1 aliphatic carbocycles. The van der Waals surface area contributed by atoms with Gasteiger partial charge in [0.05, 0.1) is 0 Å². The molecule has 0 bridgehead atoms. The number of piperidine rings is 1. The fourth-order valence-corrected chi connectivity index (χ4v) is 3.85. The van der Waals surface area contributed by atoms with Crippen LogP contribution < -0.4 is 10.6 Å².